The highest BCUT2D eigenvalue weighted by Gasteiger charge is 2.20. The minimum absolute atomic E-state index is 0.321. The smallest absolute Gasteiger partial charge is 0.144 e. The van der Waals surface area contributed by atoms with Gasteiger partial charge < -0.3 is 15.2 Å². The van der Waals surface area contributed by atoms with Crippen LogP contribution in [0.4, 0.5) is 5.82 Å². The quantitative estimate of drug-likeness (QED) is 0.798. The van der Waals surface area contributed by atoms with Gasteiger partial charge in [-0.15, -0.1) is 0 Å². The molecule has 0 saturated heterocycles. The molecule has 0 radical (unpaired) electrons. The van der Waals surface area contributed by atoms with Crippen LogP contribution in [0.15, 0.2) is 12.1 Å². The summed E-state index contributed by atoms with van der Waals surface area (Å²) < 4.78 is 4.94. The SMILES string of the molecule is COCCC(C)(O)CNc1nc(C)ccc1C#N. The summed E-state index contributed by atoms with van der Waals surface area (Å²) in [6.07, 6.45) is 0.518. The summed E-state index contributed by atoms with van der Waals surface area (Å²) in [4.78, 5) is 4.25. The van der Waals surface area contributed by atoms with Crippen molar-refractivity contribution < 1.29 is 9.84 Å². The molecule has 0 spiro atoms. The van der Waals surface area contributed by atoms with Gasteiger partial charge in [-0.3, -0.25) is 0 Å². The van der Waals surface area contributed by atoms with Crippen molar-refractivity contribution in [2.24, 2.45) is 0 Å². The number of rotatable bonds is 6. The van der Waals surface area contributed by atoms with Gasteiger partial charge in [-0.2, -0.15) is 5.26 Å². The zero-order valence-electron chi connectivity index (χ0n) is 11.0. The van der Waals surface area contributed by atoms with Crippen LogP contribution in [0.5, 0.6) is 0 Å². The number of pyridine rings is 1. The Balaban J connectivity index is 2.68. The molecule has 0 aliphatic heterocycles. The Bertz CT molecular complexity index is 438. The average Bonchev–Trinajstić information content (AvgIpc) is 2.34. The minimum atomic E-state index is -0.895. The lowest BCUT2D eigenvalue weighted by Crippen LogP contribution is -2.35. The van der Waals surface area contributed by atoms with E-state index in [-0.39, 0.29) is 0 Å². The molecule has 98 valence electrons. The number of aliphatic hydroxyl groups is 1. The fourth-order valence-corrected chi connectivity index (χ4v) is 1.47. The molecule has 1 heterocycles. The molecule has 0 aliphatic rings. The summed E-state index contributed by atoms with van der Waals surface area (Å²) in [5, 5.41) is 22.1. The summed E-state index contributed by atoms with van der Waals surface area (Å²) in [6, 6.07) is 5.57. The molecule has 0 amide bonds. The highest BCUT2D eigenvalue weighted by atomic mass is 16.5. The number of nitriles is 1. The maximum atomic E-state index is 10.1. The summed E-state index contributed by atoms with van der Waals surface area (Å²) in [5.41, 5.74) is 0.407. The molecule has 18 heavy (non-hydrogen) atoms. The third-order valence-electron chi connectivity index (χ3n) is 2.64. The highest BCUT2D eigenvalue weighted by molar-refractivity contribution is 5.52. The lowest BCUT2D eigenvalue weighted by atomic mass is 10.0. The molecular formula is C13H19N3O2. The predicted molar refractivity (Wildman–Crippen MR) is 69.3 cm³/mol. The zero-order valence-corrected chi connectivity index (χ0v) is 11.0. The van der Waals surface area contributed by atoms with E-state index in [1.165, 1.54) is 0 Å². The van der Waals surface area contributed by atoms with Gasteiger partial charge >= 0.3 is 0 Å². The standard InChI is InChI=1S/C13H19N3O2/c1-10-4-5-11(8-14)12(16-10)15-9-13(2,17)6-7-18-3/h4-5,17H,6-7,9H2,1-3H3,(H,15,16). The molecule has 2 N–H and O–H groups in total. The number of hydrogen-bond donors (Lipinski definition) is 2. The van der Waals surface area contributed by atoms with Crippen LogP contribution >= 0.6 is 0 Å². The summed E-state index contributed by atoms with van der Waals surface area (Å²) in [7, 11) is 1.60. The van der Waals surface area contributed by atoms with Crippen LogP contribution in [-0.4, -0.2) is 36.0 Å². The van der Waals surface area contributed by atoms with Crippen LogP contribution in [0, 0.1) is 18.3 Å². The molecule has 1 unspecified atom stereocenters. The molecule has 1 rings (SSSR count). The molecule has 1 aromatic rings. The van der Waals surface area contributed by atoms with E-state index < -0.39 is 5.60 Å². The van der Waals surface area contributed by atoms with Crippen molar-refractivity contribution in [2.45, 2.75) is 25.9 Å². The number of anilines is 1. The molecule has 0 bridgehead atoms. The van der Waals surface area contributed by atoms with Crippen molar-refractivity contribution in [3.63, 3.8) is 0 Å². The lowest BCUT2D eigenvalue weighted by Gasteiger charge is -2.23. The molecule has 0 fully saturated rings. The average molecular weight is 249 g/mol. The molecule has 1 aromatic heterocycles. The van der Waals surface area contributed by atoms with E-state index in [2.05, 4.69) is 16.4 Å². The van der Waals surface area contributed by atoms with E-state index in [4.69, 9.17) is 10.00 Å². The van der Waals surface area contributed by atoms with Crippen molar-refractivity contribution in [2.75, 3.05) is 25.6 Å². The van der Waals surface area contributed by atoms with Gasteiger partial charge in [-0.1, -0.05) is 0 Å². The van der Waals surface area contributed by atoms with Gasteiger partial charge in [-0.05, 0) is 26.0 Å². The zero-order chi connectivity index (χ0) is 13.6. The van der Waals surface area contributed by atoms with Crippen molar-refractivity contribution in [1.29, 1.82) is 5.26 Å². The van der Waals surface area contributed by atoms with E-state index in [1.54, 1.807) is 26.2 Å². The van der Waals surface area contributed by atoms with Crippen LogP contribution in [0.1, 0.15) is 24.6 Å². The Kier molecular flexibility index (Phi) is 5.08. The monoisotopic (exact) mass is 249 g/mol. The topological polar surface area (TPSA) is 78.2 Å². The van der Waals surface area contributed by atoms with Crippen LogP contribution in [0.2, 0.25) is 0 Å². The van der Waals surface area contributed by atoms with E-state index in [0.717, 1.165) is 5.69 Å². The number of nitrogens with one attached hydrogen (secondary N) is 1. The van der Waals surface area contributed by atoms with E-state index in [0.29, 0.717) is 31.0 Å². The van der Waals surface area contributed by atoms with E-state index >= 15 is 0 Å². The number of hydrogen-bond acceptors (Lipinski definition) is 5. The molecule has 0 aromatic carbocycles. The van der Waals surface area contributed by atoms with Crippen LogP contribution in [0.25, 0.3) is 0 Å². The normalized spacial score (nSPS) is 13.7. The summed E-state index contributed by atoms with van der Waals surface area (Å²) in [6.45, 7) is 4.39. The lowest BCUT2D eigenvalue weighted by molar-refractivity contribution is 0.0357. The van der Waals surface area contributed by atoms with Crippen LogP contribution in [0.3, 0.4) is 0 Å². The number of aromatic nitrogens is 1. The second-order valence-corrected chi connectivity index (χ2v) is 4.55. The van der Waals surface area contributed by atoms with Gasteiger partial charge in [0.1, 0.15) is 11.9 Å². The third-order valence-corrected chi connectivity index (χ3v) is 2.64. The second kappa shape index (κ2) is 6.34. The van der Waals surface area contributed by atoms with Gasteiger partial charge in [0, 0.05) is 32.4 Å². The Morgan fingerprint density at radius 3 is 2.89 bits per heavy atom. The van der Waals surface area contributed by atoms with Crippen molar-refractivity contribution in [3.8, 4) is 6.07 Å². The Morgan fingerprint density at radius 1 is 1.56 bits per heavy atom. The minimum Gasteiger partial charge on any atom is -0.388 e. The molecule has 5 nitrogen and oxygen atoms in total. The van der Waals surface area contributed by atoms with Gasteiger partial charge in [0.05, 0.1) is 11.2 Å². The molecule has 0 saturated carbocycles. The van der Waals surface area contributed by atoms with Gasteiger partial charge in [0.25, 0.3) is 0 Å². The molecule has 1 atom stereocenters. The van der Waals surface area contributed by atoms with Gasteiger partial charge in [0.2, 0.25) is 0 Å². The predicted octanol–water partition coefficient (Wildman–Crippen LogP) is 1.46. The van der Waals surface area contributed by atoms with Gasteiger partial charge in [-0.25, -0.2) is 4.98 Å². The third kappa shape index (κ3) is 4.32. The fourth-order valence-electron chi connectivity index (χ4n) is 1.47. The number of methoxy groups -OCH3 is 1. The molecule has 5 heteroatoms. The largest absolute Gasteiger partial charge is 0.388 e. The number of nitrogens with zero attached hydrogens (tertiary/aromatic N) is 2. The Morgan fingerprint density at radius 2 is 2.28 bits per heavy atom. The summed E-state index contributed by atoms with van der Waals surface area (Å²) >= 11 is 0. The Labute approximate surface area is 107 Å². The van der Waals surface area contributed by atoms with E-state index in [1.807, 2.05) is 6.92 Å². The highest BCUT2D eigenvalue weighted by Crippen LogP contribution is 2.15. The molecular weight excluding hydrogens is 230 g/mol. The first-order chi connectivity index (χ1) is 8.48. The van der Waals surface area contributed by atoms with Crippen LogP contribution < -0.4 is 5.32 Å². The number of ether oxygens (including phenoxy) is 1. The fraction of sp³-hybridized carbons (Fsp3) is 0.538. The first-order valence-electron chi connectivity index (χ1n) is 5.81. The number of aryl methyl sites for hydroxylation is 1. The first kappa shape index (κ1) is 14.4. The summed E-state index contributed by atoms with van der Waals surface area (Å²) in [5.74, 6) is 0.509. The maximum Gasteiger partial charge on any atom is 0.144 e. The first-order valence-corrected chi connectivity index (χ1v) is 5.81. The van der Waals surface area contributed by atoms with Gasteiger partial charge in [0.15, 0.2) is 0 Å². The van der Waals surface area contributed by atoms with Crippen molar-refractivity contribution in [3.05, 3.63) is 23.4 Å². The Hall–Kier alpha value is -1.64. The van der Waals surface area contributed by atoms with Crippen molar-refractivity contribution in [1.82, 2.24) is 4.98 Å². The van der Waals surface area contributed by atoms with E-state index in [9.17, 15) is 5.11 Å². The van der Waals surface area contributed by atoms with Crippen molar-refractivity contribution >= 4 is 5.82 Å². The maximum absolute atomic E-state index is 10.1. The second-order valence-electron chi connectivity index (χ2n) is 4.55. The van der Waals surface area contributed by atoms with Crippen LogP contribution in [-0.2, 0) is 4.74 Å². The molecule has 0 aliphatic carbocycles.